The van der Waals surface area contributed by atoms with Crippen molar-refractivity contribution in [1.29, 1.82) is 0 Å². The number of aromatic amines is 1. The predicted octanol–water partition coefficient (Wildman–Crippen LogP) is 5.28. The number of H-pyrrole nitrogens is 1. The second-order valence-electron chi connectivity index (χ2n) is 8.79. The van der Waals surface area contributed by atoms with Crippen molar-refractivity contribution < 1.29 is 18.7 Å². The number of ether oxygens (including phenoxy) is 1. The van der Waals surface area contributed by atoms with E-state index in [0.29, 0.717) is 26.1 Å². The number of aromatic nitrogens is 1. The first-order chi connectivity index (χ1) is 17.6. The zero-order valence-electron chi connectivity index (χ0n) is 20.9. The van der Waals surface area contributed by atoms with Crippen LogP contribution in [0.3, 0.4) is 0 Å². The van der Waals surface area contributed by atoms with Crippen molar-refractivity contribution in [2.24, 2.45) is 0 Å². The number of para-hydroxylation sites is 2. The van der Waals surface area contributed by atoms with E-state index in [9.17, 15) is 9.59 Å². The number of rotatable bonds is 12. The summed E-state index contributed by atoms with van der Waals surface area (Å²) >= 11 is 0. The summed E-state index contributed by atoms with van der Waals surface area (Å²) in [5.41, 5.74) is 3.15. The van der Waals surface area contributed by atoms with Crippen LogP contribution in [0.5, 0.6) is 5.75 Å². The first kappa shape index (κ1) is 25.1. The number of benzene rings is 2. The molecule has 0 aliphatic heterocycles. The topological polar surface area (TPSA) is 78.8 Å². The van der Waals surface area contributed by atoms with Crippen molar-refractivity contribution in [3.63, 3.8) is 0 Å². The number of amides is 2. The van der Waals surface area contributed by atoms with E-state index in [-0.39, 0.29) is 24.1 Å². The third-order valence-corrected chi connectivity index (χ3v) is 6.36. The summed E-state index contributed by atoms with van der Waals surface area (Å²) in [5.74, 6) is 0.596. The van der Waals surface area contributed by atoms with Gasteiger partial charge in [-0.05, 0) is 42.7 Å². The van der Waals surface area contributed by atoms with Gasteiger partial charge in [-0.15, -0.1) is 0 Å². The van der Waals surface area contributed by atoms with Gasteiger partial charge in [-0.3, -0.25) is 9.59 Å². The molecular formula is C29H33N3O4. The van der Waals surface area contributed by atoms with Crippen molar-refractivity contribution in [2.45, 2.75) is 32.7 Å². The highest BCUT2D eigenvalue weighted by Crippen LogP contribution is 2.22. The van der Waals surface area contributed by atoms with Gasteiger partial charge in [-0.25, -0.2) is 0 Å². The highest BCUT2D eigenvalue weighted by Gasteiger charge is 2.24. The zero-order valence-corrected chi connectivity index (χ0v) is 20.9. The second kappa shape index (κ2) is 12.1. The predicted molar refractivity (Wildman–Crippen MR) is 140 cm³/mol. The molecule has 2 heterocycles. The molecular weight excluding hydrogens is 454 g/mol. The number of hydrogen-bond donors (Lipinski definition) is 1. The van der Waals surface area contributed by atoms with Crippen LogP contribution < -0.4 is 4.74 Å². The number of carbonyl (C=O) groups excluding carboxylic acids is 2. The van der Waals surface area contributed by atoms with Crippen LogP contribution in [-0.4, -0.2) is 53.3 Å². The number of hydrogen-bond acceptors (Lipinski definition) is 4. The Morgan fingerprint density at radius 1 is 0.944 bits per heavy atom. The van der Waals surface area contributed by atoms with E-state index in [1.54, 1.807) is 24.1 Å². The van der Waals surface area contributed by atoms with Gasteiger partial charge in [0, 0.05) is 42.3 Å². The van der Waals surface area contributed by atoms with Crippen molar-refractivity contribution >= 4 is 22.7 Å². The van der Waals surface area contributed by atoms with Gasteiger partial charge in [-0.1, -0.05) is 49.7 Å². The maximum absolute atomic E-state index is 13.7. The van der Waals surface area contributed by atoms with E-state index in [1.165, 1.54) is 6.26 Å². The van der Waals surface area contributed by atoms with E-state index in [1.807, 2.05) is 53.6 Å². The molecule has 0 unspecified atom stereocenters. The monoisotopic (exact) mass is 487 g/mol. The molecule has 0 bridgehead atoms. The minimum absolute atomic E-state index is 0.0113. The highest BCUT2D eigenvalue weighted by molar-refractivity contribution is 5.94. The molecule has 36 heavy (non-hydrogen) atoms. The standard InChI is InChI=1S/C29H33N3O4/c1-3-4-16-32(29(34)27-14-9-18-36-27)21-28(33)31(20-23-10-5-8-13-26(23)35-2)17-15-22-19-30-25-12-7-6-11-24(22)25/h5-14,18-19,30H,3-4,15-17,20-21H2,1-2H3. The molecule has 7 nitrogen and oxygen atoms in total. The van der Waals surface area contributed by atoms with Gasteiger partial charge in [0.25, 0.3) is 5.91 Å². The number of methoxy groups -OCH3 is 1. The number of nitrogens with zero attached hydrogens (tertiary/aromatic N) is 2. The smallest absolute Gasteiger partial charge is 0.290 e. The molecule has 0 radical (unpaired) electrons. The SMILES string of the molecule is CCCCN(CC(=O)N(CCc1c[nH]c2ccccc12)Cc1ccccc1OC)C(=O)c1ccco1. The third-order valence-electron chi connectivity index (χ3n) is 6.36. The first-order valence-electron chi connectivity index (χ1n) is 12.4. The van der Waals surface area contributed by atoms with Gasteiger partial charge < -0.3 is 23.9 Å². The van der Waals surface area contributed by atoms with Crippen molar-refractivity contribution in [1.82, 2.24) is 14.8 Å². The highest BCUT2D eigenvalue weighted by atomic mass is 16.5. The van der Waals surface area contributed by atoms with E-state index in [0.717, 1.165) is 40.6 Å². The van der Waals surface area contributed by atoms with Gasteiger partial charge in [0.15, 0.2) is 5.76 Å². The second-order valence-corrected chi connectivity index (χ2v) is 8.79. The maximum atomic E-state index is 13.7. The quantitative estimate of drug-likeness (QED) is 0.295. The number of furan rings is 1. The van der Waals surface area contributed by atoms with E-state index >= 15 is 0 Å². The Bertz CT molecular complexity index is 1280. The lowest BCUT2D eigenvalue weighted by Gasteiger charge is -2.28. The molecule has 188 valence electrons. The molecule has 2 aromatic carbocycles. The van der Waals surface area contributed by atoms with Gasteiger partial charge in [0.05, 0.1) is 13.4 Å². The van der Waals surface area contributed by atoms with Crippen LogP contribution in [-0.2, 0) is 17.8 Å². The zero-order chi connectivity index (χ0) is 25.3. The molecule has 4 rings (SSSR count). The molecule has 0 aliphatic rings. The molecule has 2 aromatic heterocycles. The fourth-order valence-electron chi connectivity index (χ4n) is 4.35. The Morgan fingerprint density at radius 2 is 1.75 bits per heavy atom. The van der Waals surface area contributed by atoms with Gasteiger partial charge in [-0.2, -0.15) is 0 Å². The van der Waals surface area contributed by atoms with E-state index in [4.69, 9.17) is 9.15 Å². The van der Waals surface area contributed by atoms with Crippen molar-refractivity contribution in [3.05, 3.63) is 90.0 Å². The first-order valence-corrected chi connectivity index (χ1v) is 12.4. The molecule has 0 saturated carbocycles. The van der Waals surface area contributed by atoms with Crippen LogP contribution in [0.25, 0.3) is 10.9 Å². The van der Waals surface area contributed by atoms with E-state index < -0.39 is 0 Å². The minimum Gasteiger partial charge on any atom is -0.496 e. The Kier molecular flexibility index (Phi) is 8.44. The van der Waals surface area contributed by atoms with Crippen LogP contribution in [0.15, 0.2) is 77.5 Å². The van der Waals surface area contributed by atoms with Crippen molar-refractivity contribution in [3.8, 4) is 5.75 Å². The van der Waals surface area contributed by atoms with Crippen LogP contribution in [0.2, 0.25) is 0 Å². The molecule has 0 atom stereocenters. The normalized spacial score (nSPS) is 10.9. The molecule has 7 heteroatoms. The van der Waals surface area contributed by atoms with Crippen molar-refractivity contribution in [2.75, 3.05) is 26.7 Å². The van der Waals surface area contributed by atoms with E-state index in [2.05, 4.69) is 18.0 Å². The molecule has 0 spiro atoms. The Labute approximate surface area is 211 Å². The summed E-state index contributed by atoms with van der Waals surface area (Å²) in [6, 6.07) is 19.2. The molecule has 1 N–H and O–H groups in total. The average Bonchev–Trinajstić information content (AvgIpc) is 3.59. The Hall–Kier alpha value is -4.00. The third kappa shape index (κ3) is 5.97. The summed E-state index contributed by atoms with van der Waals surface area (Å²) in [6.45, 7) is 3.44. The lowest BCUT2D eigenvalue weighted by Crippen LogP contribution is -2.43. The van der Waals surface area contributed by atoms with Crippen LogP contribution in [0.4, 0.5) is 0 Å². The fourth-order valence-corrected chi connectivity index (χ4v) is 4.35. The van der Waals surface area contributed by atoms with Crippen LogP contribution >= 0.6 is 0 Å². The molecule has 2 amide bonds. The van der Waals surface area contributed by atoms with Gasteiger partial charge >= 0.3 is 0 Å². The fraction of sp³-hybridized carbons (Fsp3) is 0.310. The molecule has 4 aromatic rings. The number of unbranched alkanes of at least 4 members (excludes halogenated alkanes) is 1. The minimum atomic E-state index is -0.268. The summed E-state index contributed by atoms with van der Waals surface area (Å²) in [7, 11) is 1.63. The lowest BCUT2D eigenvalue weighted by molar-refractivity contribution is -0.132. The summed E-state index contributed by atoms with van der Waals surface area (Å²) in [4.78, 5) is 33.4. The van der Waals surface area contributed by atoms with Gasteiger partial charge in [0.2, 0.25) is 5.91 Å². The maximum Gasteiger partial charge on any atom is 0.290 e. The molecule has 0 fully saturated rings. The number of carbonyl (C=O) groups is 2. The lowest BCUT2D eigenvalue weighted by atomic mass is 10.1. The van der Waals surface area contributed by atoms with Crippen LogP contribution in [0.1, 0.15) is 41.4 Å². The van der Waals surface area contributed by atoms with Crippen LogP contribution in [0, 0.1) is 0 Å². The summed E-state index contributed by atoms with van der Waals surface area (Å²) < 4.78 is 10.9. The largest absolute Gasteiger partial charge is 0.496 e. The number of fused-ring (bicyclic) bond motifs is 1. The molecule has 0 saturated heterocycles. The summed E-state index contributed by atoms with van der Waals surface area (Å²) in [5, 5.41) is 1.15. The number of nitrogens with one attached hydrogen (secondary N) is 1. The molecule has 0 aliphatic carbocycles. The van der Waals surface area contributed by atoms with Gasteiger partial charge in [0.1, 0.15) is 12.3 Å². The average molecular weight is 488 g/mol. The Morgan fingerprint density at radius 3 is 2.53 bits per heavy atom. The summed E-state index contributed by atoms with van der Waals surface area (Å²) in [6.07, 6.45) is 5.89. The Balaban J connectivity index is 1.55.